The summed E-state index contributed by atoms with van der Waals surface area (Å²) < 4.78 is 0. The molecular weight excluding hydrogens is 490 g/mol. The first-order valence-corrected chi connectivity index (χ1v) is 13.1. The first-order valence-electron chi connectivity index (χ1n) is 12.7. The van der Waals surface area contributed by atoms with E-state index in [2.05, 4.69) is 71.1 Å². The molecule has 37 heavy (non-hydrogen) atoms. The van der Waals surface area contributed by atoms with Crippen molar-refractivity contribution in [3.63, 3.8) is 0 Å². The van der Waals surface area contributed by atoms with Gasteiger partial charge in [0, 0.05) is 41.2 Å². The lowest BCUT2D eigenvalue weighted by Crippen LogP contribution is -2.58. The van der Waals surface area contributed by atoms with Crippen molar-refractivity contribution in [3.8, 4) is 0 Å². The second kappa shape index (κ2) is 10.6. The van der Waals surface area contributed by atoms with E-state index in [1.165, 1.54) is 6.08 Å². The maximum Gasteiger partial charge on any atom is 0.271 e. The van der Waals surface area contributed by atoms with Crippen molar-refractivity contribution in [2.75, 3.05) is 18.4 Å². The van der Waals surface area contributed by atoms with Crippen LogP contribution in [0.4, 0.5) is 5.82 Å². The molecule has 0 bridgehead atoms. The van der Waals surface area contributed by atoms with Gasteiger partial charge in [-0.3, -0.25) is 14.7 Å². The van der Waals surface area contributed by atoms with Crippen molar-refractivity contribution in [2.24, 2.45) is 5.92 Å². The average Bonchev–Trinajstić information content (AvgIpc) is 3.37. The Labute approximate surface area is 222 Å². The van der Waals surface area contributed by atoms with Crippen LogP contribution in [0.2, 0.25) is 5.02 Å². The normalized spacial score (nSPS) is 14.9. The number of carbonyl (C=O) groups excluding carboxylic acids is 2. The Morgan fingerprint density at radius 2 is 2.05 bits per heavy atom. The van der Waals surface area contributed by atoms with Crippen LogP contribution in [0.1, 0.15) is 68.1 Å². The number of carbonyl (C=O) groups is 2. The monoisotopic (exact) mass is 525 g/mol. The molecule has 1 fully saturated rings. The maximum atomic E-state index is 13.1. The number of aryl methyl sites for hydroxylation is 1. The van der Waals surface area contributed by atoms with E-state index in [1.54, 1.807) is 4.90 Å². The Hall–Kier alpha value is -3.33. The Morgan fingerprint density at radius 1 is 1.32 bits per heavy atom. The highest BCUT2D eigenvalue weighted by Crippen LogP contribution is 2.34. The van der Waals surface area contributed by atoms with Crippen molar-refractivity contribution in [2.45, 2.75) is 65.5 Å². The zero-order chi connectivity index (χ0) is 26.9. The van der Waals surface area contributed by atoms with Crippen LogP contribution >= 0.6 is 11.6 Å². The highest BCUT2D eigenvalue weighted by Gasteiger charge is 2.36. The van der Waals surface area contributed by atoms with Crippen LogP contribution in [0.3, 0.4) is 0 Å². The van der Waals surface area contributed by atoms with E-state index in [-0.39, 0.29) is 29.2 Å². The number of anilines is 1. The van der Waals surface area contributed by atoms with Crippen LogP contribution < -0.4 is 10.6 Å². The van der Waals surface area contributed by atoms with Gasteiger partial charge in [-0.2, -0.15) is 5.10 Å². The van der Waals surface area contributed by atoms with Crippen molar-refractivity contribution < 1.29 is 9.59 Å². The molecule has 198 valence electrons. The lowest BCUT2D eigenvalue weighted by Gasteiger charge is -2.43. The quantitative estimate of drug-likeness (QED) is 0.302. The first-order chi connectivity index (χ1) is 17.5. The summed E-state index contributed by atoms with van der Waals surface area (Å²) >= 11 is 6.49. The average molecular weight is 526 g/mol. The minimum atomic E-state index is -0.207. The number of rotatable bonds is 9. The predicted octanol–water partition coefficient (Wildman–Crippen LogP) is 4.70. The minimum Gasteiger partial charge on any atom is -0.361 e. The molecule has 3 aromatic rings. The molecular formula is C27H36ClN7O2. The van der Waals surface area contributed by atoms with Crippen LogP contribution in [-0.4, -0.2) is 56.0 Å². The van der Waals surface area contributed by atoms with E-state index >= 15 is 0 Å². The molecule has 0 radical (unpaired) electrons. The zero-order valence-corrected chi connectivity index (χ0v) is 22.9. The van der Waals surface area contributed by atoms with Gasteiger partial charge in [0.15, 0.2) is 5.82 Å². The van der Waals surface area contributed by atoms with Gasteiger partial charge in [-0.05, 0) is 42.5 Å². The number of H-pyrrole nitrogens is 2. The number of nitrogens with one attached hydrogen (secondary N) is 4. The van der Waals surface area contributed by atoms with Gasteiger partial charge < -0.3 is 20.5 Å². The maximum absolute atomic E-state index is 13.1. The number of hydrogen-bond donors (Lipinski definition) is 4. The number of imidazole rings is 1. The molecule has 10 heteroatoms. The fourth-order valence-corrected chi connectivity index (χ4v) is 5.24. The van der Waals surface area contributed by atoms with Crippen molar-refractivity contribution >= 4 is 40.1 Å². The molecule has 1 aromatic carbocycles. The number of halogens is 1. The van der Waals surface area contributed by atoms with Crippen LogP contribution in [0.25, 0.3) is 10.9 Å². The number of nitrogens with zero attached hydrogens (tertiary/aromatic N) is 3. The number of likely N-dealkylation sites (tertiary alicyclic amines) is 1. The van der Waals surface area contributed by atoms with E-state index in [0.29, 0.717) is 47.7 Å². The summed E-state index contributed by atoms with van der Waals surface area (Å²) in [5.41, 5.74) is 2.88. The summed E-state index contributed by atoms with van der Waals surface area (Å²) in [6.45, 7) is 15.5. The largest absolute Gasteiger partial charge is 0.361 e. The number of aromatic amines is 2. The van der Waals surface area contributed by atoms with E-state index in [0.717, 1.165) is 29.3 Å². The Kier molecular flexibility index (Phi) is 7.64. The Bertz CT molecular complexity index is 1310. The fraction of sp³-hybridized carbons (Fsp3) is 0.481. The number of amides is 2. The van der Waals surface area contributed by atoms with Gasteiger partial charge in [0.1, 0.15) is 11.5 Å². The highest BCUT2D eigenvalue weighted by molar-refractivity contribution is 6.32. The van der Waals surface area contributed by atoms with Crippen LogP contribution in [-0.2, 0) is 16.8 Å². The molecule has 1 unspecified atom stereocenters. The number of fused-ring (bicyclic) bond motifs is 1. The van der Waals surface area contributed by atoms with E-state index in [9.17, 15) is 9.59 Å². The van der Waals surface area contributed by atoms with Crippen LogP contribution in [0.15, 0.2) is 24.8 Å². The molecule has 0 aliphatic carbocycles. The van der Waals surface area contributed by atoms with Gasteiger partial charge in [-0.25, -0.2) is 4.98 Å². The van der Waals surface area contributed by atoms with Gasteiger partial charge >= 0.3 is 0 Å². The second-order valence-corrected chi connectivity index (χ2v) is 11.2. The molecule has 0 spiro atoms. The summed E-state index contributed by atoms with van der Waals surface area (Å²) in [6, 6.07) is 3.95. The predicted molar refractivity (Wildman–Crippen MR) is 147 cm³/mol. The summed E-state index contributed by atoms with van der Waals surface area (Å²) in [5, 5.41) is 15.6. The number of aromatic nitrogens is 4. The molecule has 9 nitrogen and oxygen atoms in total. The SMILES string of the molecule is C=CC(=O)N1CC(C(CCC)NC(=O)c2nc(CNc3n[nH]c4cc(Cl)c(C(C)(C)C)cc34)[nH]c2C)C1. The minimum absolute atomic E-state index is 0.0108. The van der Waals surface area contributed by atoms with E-state index in [4.69, 9.17) is 11.6 Å². The van der Waals surface area contributed by atoms with Crippen LogP contribution in [0, 0.1) is 12.8 Å². The Morgan fingerprint density at radius 3 is 2.70 bits per heavy atom. The first kappa shape index (κ1) is 26.7. The summed E-state index contributed by atoms with van der Waals surface area (Å²) in [6.07, 6.45) is 3.11. The van der Waals surface area contributed by atoms with Gasteiger partial charge in [-0.15, -0.1) is 0 Å². The fourth-order valence-electron chi connectivity index (χ4n) is 4.79. The molecule has 0 saturated carbocycles. The van der Waals surface area contributed by atoms with Crippen molar-refractivity contribution in [1.29, 1.82) is 0 Å². The van der Waals surface area contributed by atoms with Gasteiger partial charge in [0.2, 0.25) is 5.91 Å². The molecule has 1 saturated heterocycles. The molecule has 4 rings (SSSR count). The molecule has 1 aliphatic rings. The smallest absolute Gasteiger partial charge is 0.271 e. The third kappa shape index (κ3) is 5.66. The van der Waals surface area contributed by atoms with Crippen molar-refractivity contribution in [3.05, 3.63) is 52.6 Å². The molecule has 3 heterocycles. The lowest BCUT2D eigenvalue weighted by atomic mass is 9.86. The lowest BCUT2D eigenvalue weighted by molar-refractivity contribution is -0.132. The van der Waals surface area contributed by atoms with E-state index in [1.807, 2.05) is 13.0 Å². The van der Waals surface area contributed by atoms with Crippen molar-refractivity contribution in [1.82, 2.24) is 30.4 Å². The summed E-state index contributed by atoms with van der Waals surface area (Å²) in [4.78, 5) is 34.4. The molecule has 1 aliphatic heterocycles. The summed E-state index contributed by atoms with van der Waals surface area (Å²) in [5.74, 6) is 1.29. The van der Waals surface area contributed by atoms with Gasteiger partial charge in [0.05, 0.1) is 12.1 Å². The number of hydrogen-bond acceptors (Lipinski definition) is 5. The zero-order valence-electron chi connectivity index (χ0n) is 22.2. The van der Waals surface area contributed by atoms with Gasteiger partial charge in [-0.1, -0.05) is 52.3 Å². The third-order valence-corrected chi connectivity index (χ3v) is 7.22. The van der Waals surface area contributed by atoms with Crippen LogP contribution in [0.5, 0.6) is 0 Å². The molecule has 2 aromatic heterocycles. The van der Waals surface area contributed by atoms with E-state index < -0.39 is 0 Å². The third-order valence-electron chi connectivity index (χ3n) is 6.91. The van der Waals surface area contributed by atoms with Gasteiger partial charge in [0.25, 0.3) is 5.91 Å². The molecule has 1 atom stereocenters. The summed E-state index contributed by atoms with van der Waals surface area (Å²) in [7, 11) is 0. The standard InChI is InChI=1S/C27H36ClN7O2/c1-7-9-20(16-13-35(14-16)23(36)8-2)31-26(37)24-15(3)30-22(32-24)12-29-25-17-10-18(27(4,5)6)19(28)11-21(17)33-34-25/h8,10-11,16,20H,2,7,9,12-14H2,1,3-6H3,(H,30,32)(H,31,37)(H2,29,33,34). The molecule has 4 N–H and O–H groups in total. The Balaban J connectivity index is 1.43. The number of benzene rings is 1. The molecule has 2 amide bonds. The second-order valence-electron chi connectivity index (χ2n) is 10.8. The topological polar surface area (TPSA) is 119 Å². The highest BCUT2D eigenvalue weighted by atomic mass is 35.5.